The Bertz CT molecular complexity index is 556. The van der Waals surface area contributed by atoms with Crippen molar-refractivity contribution < 1.29 is 0 Å². The normalized spacial score (nSPS) is 12.6. The highest BCUT2D eigenvalue weighted by atomic mass is 79.9. The third kappa shape index (κ3) is 3.53. The van der Waals surface area contributed by atoms with Crippen molar-refractivity contribution in [2.75, 3.05) is 6.54 Å². The number of hydrogen-bond acceptors (Lipinski definition) is 2. The molecule has 0 aliphatic carbocycles. The van der Waals surface area contributed by atoms with Gasteiger partial charge in [-0.1, -0.05) is 42.3 Å². The van der Waals surface area contributed by atoms with Crippen LogP contribution in [0.25, 0.3) is 0 Å². The second-order valence-corrected chi connectivity index (χ2v) is 6.75. The summed E-state index contributed by atoms with van der Waals surface area (Å²) in [5, 5.41) is 6.82. The van der Waals surface area contributed by atoms with Crippen molar-refractivity contribution in [2.45, 2.75) is 19.4 Å². The molecule has 0 bridgehead atoms. The molecule has 0 fully saturated rings. The zero-order chi connectivity index (χ0) is 13.8. The molecular weight excluding hydrogens is 365 g/mol. The monoisotopic (exact) mass is 377 g/mol. The van der Waals surface area contributed by atoms with Gasteiger partial charge >= 0.3 is 0 Å². The lowest BCUT2D eigenvalue weighted by Gasteiger charge is -2.20. The molecule has 5 heteroatoms. The Balaban J connectivity index is 2.43. The zero-order valence-electron chi connectivity index (χ0n) is 10.4. The summed E-state index contributed by atoms with van der Waals surface area (Å²) >= 11 is 17.8. The SMILES string of the molecule is CCCNC(c1cccc(Cl)c1Cl)c1sccc1Br. The van der Waals surface area contributed by atoms with Gasteiger partial charge in [0.2, 0.25) is 0 Å². The molecule has 1 N–H and O–H groups in total. The molecule has 2 rings (SSSR count). The number of hydrogen-bond donors (Lipinski definition) is 1. The van der Waals surface area contributed by atoms with Gasteiger partial charge in [-0.3, -0.25) is 0 Å². The van der Waals surface area contributed by atoms with E-state index in [1.807, 2.05) is 18.2 Å². The molecule has 0 spiro atoms. The number of halogens is 3. The molecule has 0 amide bonds. The Kier molecular flexibility index (Phi) is 5.72. The van der Waals surface area contributed by atoms with E-state index in [1.54, 1.807) is 11.3 Å². The fraction of sp³-hybridized carbons (Fsp3) is 0.286. The maximum Gasteiger partial charge on any atom is 0.0697 e. The van der Waals surface area contributed by atoms with Gasteiger partial charge in [-0.2, -0.15) is 0 Å². The zero-order valence-corrected chi connectivity index (χ0v) is 14.3. The van der Waals surface area contributed by atoms with Crippen LogP contribution in [0.4, 0.5) is 0 Å². The summed E-state index contributed by atoms with van der Waals surface area (Å²) in [5.41, 5.74) is 1.02. The Morgan fingerprint density at radius 2 is 2.11 bits per heavy atom. The second kappa shape index (κ2) is 7.09. The molecule has 1 aromatic heterocycles. The molecule has 1 unspecified atom stereocenters. The van der Waals surface area contributed by atoms with E-state index in [2.05, 4.69) is 39.6 Å². The van der Waals surface area contributed by atoms with Crippen LogP contribution >= 0.6 is 50.5 Å². The van der Waals surface area contributed by atoms with Crippen LogP contribution in [0, 0.1) is 0 Å². The minimum Gasteiger partial charge on any atom is -0.306 e. The molecule has 0 saturated heterocycles. The van der Waals surface area contributed by atoms with Crippen LogP contribution in [-0.2, 0) is 0 Å². The second-order valence-electron chi connectivity index (χ2n) is 4.16. The van der Waals surface area contributed by atoms with Gasteiger partial charge < -0.3 is 5.32 Å². The largest absolute Gasteiger partial charge is 0.306 e. The minimum atomic E-state index is 0.0699. The fourth-order valence-electron chi connectivity index (χ4n) is 1.89. The quantitative estimate of drug-likeness (QED) is 0.682. The molecule has 1 atom stereocenters. The van der Waals surface area contributed by atoms with Crippen molar-refractivity contribution in [3.8, 4) is 0 Å². The predicted octanol–water partition coefficient (Wildman–Crippen LogP) is 5.91. The average molecular weight is 379 g/mol. The third-order valence-electron chi connectivity index (χ3n) is 2.80. The standard InChI is InChI=1S/C14H14BrCl2NS/c1-2-7-18-13(14-10(15)6-8-19-14)9-4-3-5-11(16)12(9)17/h3-6,8,13,18H,2,7H2,1H3. The van der Waals surface area contributed by atoms with Gasteiger partial charge in [0.1, 0.15) is 0 Å². The number of thiophene rings is 1. The van der Waals surface area contributed by atoms with Crippen LogP contribution in [0.3, 0.4) is 0 Å². The molecule has 0 aliphatic heterocycles. The van der Waals surface area contributed by atoms with E-state index in [9.17, 15) is 0 Å². The molecule has 1 aromatic carbocycles. The minimum absolute atomic E-state index is 0.0699. The first kappa shape index (κ1) is 15.3. The topological polar surface area (TPSA) is 12.0 Å². The van der Waals surface area contributed by atoms with E-state index < -0.39 is 0 Å². The summed E-state index contributed by atoms with van der Waals surface area (Å²) < 4.78 is 1.10. The summed E-state index contributed by atoms with van der Waals surface area (Å²) in [6.07, 6.45) is 1.07. The first-order valence-corrected chi connectivity index (χ1v) is 8.48. The predicted molar refractivity (Wildman–Crippen MR) is 88.6 cm³/mol. The van der Waals surface area contributed by atoms with Crippen molar-refractivity contribution in [3.05, 3.63) is 54.6 Å². The smallest absolute Gasteiger partial charge is 0.0697 e. The summed E-state index contributed by atoms with van der Waals surface area (Å²) in [7, 11) is 0. The van der Waals surface area contributed by atoms with Gasteiger partial charge in [0.25, 0.3) is 0 Å². The van der Waals surface area contributed by atoms with Crippen LogP contribution in [0.1, 0.15) is 29.8 Å². The van der Waals surface area contributed by atoms with Gasteiger partial charge in [-0.25, -0.2) is 0 Å². The first-order valence-electron chi connectivity index (χ1n) is 6.05. The lowest BCUT2D eigenvalue weighted by molar-refractivity contribution is 0.604. The number of rotatable bonds is 5. The fourth-order valence-corrected chi connectivity index (χ4v) is 4.00. The van der Waals surface area contributed by atoms with E-state index in [0.29, 0.717) is 10.0 Å². The third-order valence-corrected chi connectivity index (χ3v) is 5.57. The van der Waals surface area contributed by atoms with Crippen LogP contribution in [-0.4, -0.2) is 6.54 Å². The molecule has 19 heavy (non-hydrogen) atoms. The average Bonchev–Trinajstić information content (AvgIpc) is 2.81. The summed E-state index contributed by atoms with van der Waals surface area (Å²) in [4.78, 5) is 1.22. The van der Waals surface area contributed by atoms with Crippen LogP contribution in [0.2, 0.25) is 10.0 Å². The van der Waals surface area contributed by atoms with E-state index in [-0.39, 0.29) is 6.04 Å². The van der Waals surface area contributed by atoms with Crippen molar-refractivity contribution in [2.24, 2.45) is 0 Å². The van der Waals surface area contributed by atoms with E-state index in [0.717, 1.165) is 23.0 Å². The maximum absolute atomic E-state index is 6.35. The van der Waals surface area contributed by atoms with E-state index >= 15 is 0 Å². The van der Waals surface area contributed by atoms with Crippen molar-refractivity contribution in [1.82, 2.24) is 5.32 Å². The first-order chi connectivity index (χ1) is 9.15. The Labute approximate surface area is 136 Å². The molecule has 0 saturated carbocycles. The Morgan fingerprint density at radius 1 is 1.32 bits per heavy atom. The number of benzene rings is 1. The van der Waals surface area contributed by atoms with Crippen molar-refractivity contribution in [1.29, 1.82) is 0 Å². The highest BCUT2D eigenvalue weighted by Gasteiger charge is 2.20. The van der Waals surface area contributed by atoms with Crippen LogP contribution in [0.5, 0.6) is 0 Å². The van der Waals surface area contributed by atoms with Crippen molar-refractivity contribution >= 4 is 50.5 Å². The summed E-state index contributed by atoms with van der Waals surface area (Å²) in [6.45, 7) is 3.07. The van der Waals surface area contributed by atoms with E-state index in [4.69, 9.17) is 23.2 Å². The molecule has 0 radical (unpaired) electrons. The summed E-state index contributed by atoms with van der Waals surface area (Å²) in [6, 6.07) is 7.90. The Morgan fingerprint density at radius 3 is 2.74 bits per heavy atom. The lowest BCUT2D eigenvalue weighted by Crippen LogP contribution is -2.23. The van der Waals surface area contributed by atoms with Crippen LogP contribution < -0.4 is 5.32 Å². The molecule has 102 valence electrons. The molecule has 2 aromatic rings. The van der Waals surface area contributed by atoms with Crippen LogP contribution in [0.15, 0.2) is 34.1 Å². The molecular formula is C14H14BrCl2NS. The highest BCUT2D eigenvalue weighted by Crippen LogP contribution is 2.38. The molecule has 1 nitrogen and oxygen atoms in total. The highest BCUT2D eigenvalue weighted by molar-refractivity contribution is 9.10. The van der Waals surface area contributed by atoms with Gasteiger partial charge in [-0.05, 0) is 52.0 Å². The van der Waals surface area contributed by atoms with Gasteiger partial charge in [0, 0.05) is 9.35 Å². The molecule has 1 heterocycles. The maximum atomic E-state index is 6.35. The van der Waals surface area contributed by atoms with Gasteiger partial charge in [0.05, 0.1) is 16.1 Å². The molecule has 0 aliphatic rings. The lowest BCUT2D eigenvalue weighted by atomic mass is 10.1. The summed E-state index contributed by atoms with van der Waals surface area (Å²) in [5.74, 6) is 0. The number of nitrogens with one attached hydrogen (secondary N) is 1. The van der Waals surface area contributed by atoms with Crippen molar-refractivity contribution in [3.63, 3.8) is 0 Å². The Hall–Kier alpha value is -0.0600. The van der Waals surface area contributed by atoms with E-state index in [1.165, 1.54) is 4.88 Å². The van der Waals surface area contributed by atoms with Gasteiger partial charge in [-0.15, -0.1) is 11.3 Å². The van der Waals surface area contributed by atoms with Gasteiger partial charge in [0.15, 0.2) is 0 Å².